The van der Waals surface area contributed by atoms with Crippen LogP contribution in [0.25, 0.3) is 0 Å². The molecule has 0 amide bonds. The molecule has 104 valence electrons. The van der Waals surface area contributed by atoms with Gasteiger partial charge in [0.1, 0.15) is 29.3 Å². The minimum absolute atomic E-state index is 0.614. The molecule has 20 heavy (non-hydrogen) atoms. The third-order valence-corrected chi connectivity index (χ3v) is 2.89. The van der Waals surface area contributed by atoms with E-state index in [9.17, 15) is 4.79 Å². The van der Waals surface area contributed by atoms with Crippen LogP contribution < -0.4 is 14.2 Å². The molecule has 4 nitrogen and oxygen atoms in total. The maximum Gasteiger partial charge on any atom is 0.150 e. The molecule has 0 radical (unpaired) electrons. The Bertz CT molecular complexity index is 598. The summed E-state index contributed by atoms with van der Waals surface area (Å²) in [6.07, 6.45) is 0.811. The topological polar surface area (TPSA) is 44.8 Å². The van der Waals surface area contributed by atoms with Crippen LogP contribution in [0.5, 0.6) is 23.0 Å². The van der Waals surface area contributed by atoms with Gasteiger partial charge in [0.05, 0.1) is 14.2 Å². The lowest BCUT2D eigenvalue weighted by Crippen LogP contribution is -1.92. The van der Waals surface area contributed by atoms with Gasteiger partial charge < -0.3 is 14.2 Å². The zero-order chi connectivity index (χ0) is 14.5. The van der Waals surface area contributed by atoms with Gasteiger partial charge in [0, 0.05) is 23.8 Å². The monoisotopic (exact) mass is 272 g/mol. The molecule has 0 bridgehead atoms. The van der Waals surface area contributed by atoms with E-state index in [0.717, 1.165) is 11.8 Å². The predicted molar refractivity (Wildman–Crippen MR) is 76.2 cm³/mol. The molecule has 4 heteroatoms. The zero-order valence-corrected chi connectivity index (χ0v) is 11.7. The summed E-state index contributed by atoms with van der Waals surface area (Å²) in [5.41, 5.74) is 1.51. The fourth-order valence-electron chi connectivity index (χ4n) is 1.83. The Kier molecular flexibility index (Phi) is 4.25. The Morgan fingerprint density at radius 3 is 2.00 bits per heavy atom. The van der Waals surface area contributed by atoms with E-state index in [0.29, 0.717) is 28.6 Å². The van der Waals surface area contributed by atoms with Crippen LogP contribution in [0.2, 0.25) is 0 Å². The fourth-order valence-corrected chi connectivity index (χ4v) is 1.83. The maximum atomic E-state index is 10.7. The van der Waals surface area contributed by atoms with Crippen LogP contribution in [0.3, 0.4) is 0 Å². The number of aldehydes is 1. The molecule has 0 N–H and O–H groups in total. The average Bonchev–Trinajstić information content (AvgIpc) is 2.48. The van der Waals surface area contributed by atoms with Crippen LogP contribution in [0.15, 0.2) is 36.4 Å². The van der Waals surface area contributed by atoms with Gasteiger partial charge >= 0.3 is 0 Å². The molecule has 0 heterocycles. The first-order valence-corrected chi connectivity index (χ1v) is 6.13. The second-order valence-electron chi connectivity index (χ2n) is 4.29. The zero-order valence-electron chi connectivity index (χ0n) is 11.7. The van der Waals surface area contributed by atoms with Gasteiger partial charge in [-0.2, -0.15) is 0 Å². The normalized spacial score (nSPS) is 9.95. The van der Waals surface area contributed by atoms with Crippen molar-refractivity contribution in [1.82, 2.24) is 0 Å². The van der Waals surface area contributed by atoms with Crippen molar-refractivity contribution in [2.24, 2.45) is 0 Å². The fraction of sp³-hybridized carbons (Fsp3) is 0.188. The van der Waals surface area contributed by atoms with Gasteiger partial charge in [0.25, 0.3) is 0 Å². The van der Waals surface area contributed by atoms with Crippen molar-refractivity contribution >= 4 is 6.29 Å². The first kappa shape index (κ1) is 13.9. The van der Waals surface area contributed by atoms with E-state index in [-0.39, 0.29) is 0 Å². The number of ether oxygens (including phenoxy) is 3. The summed E-state index contributed by atoms with van der Waals surface area (Å²) >= 11 is 0. The van der Waals surface area contributed by atoms with E-state index in [1.165, 1.54) is 0 Å². The van der Waals surface area contributed by atoms with Gasteiger partial charge in [-0.1, -0.05) is 0 Å². The smallest absolute Gasteiger partial charge is 0.150 e. The minimum atomic E-state index is 0.614. The molecule has 0 aromatic heterocycles. The molecule has 0 unspecified atom stereocenters. The largest absolute Gasteiger partial charge is 0.496 e. The maximum absolute atomic E-state index is 10.7. The molecular weight excluding hydrogens is 256 g/mol. The van der Waals surface area contributed by atoms with Gasteiger partial charge in [-0.05, 0) is 30.7 Å². The number of hydrogen-bond acceptors (Lipinski definition) is 4. The highest BCUT2D eigenvalue weighted by Crippen LogP contribution is 2.32. The molecule has 0 aliphatic rings. The van der Waals surface area contributed by atoms with Crippen LogP contribution >= 0.6 is 0 Å². The Balaban J connectivity index is 2.31. The SMILES string of the molecule is COc1cc(OC)cc(Oc2ccc(C=O)cc2C)c1. The van der Waals surface area contributed by atoms with Crippen molar-refractivity contribution < 1.29 is 19.0 Å². The molecule has 0 fully saturated rings. The highest BCUT2D eigenvalue weighted by molar-refractivity contribution is 5.75. The summed E-state index contributed by atoms with van der Waals surface area (Å²) in [5.74, 6) is 2.61. The number of methoxy groups -OCH3 is 2. The van der Waals surface area contributed by atoms with Crippen molar-refractivity contribution in [3.63, 3.8) is 0 Å². The third-order valence-electron chi connectivity index (χ3n) is 2.89. The van der Waals surface area contributed by atoms with Crippen LogP contribution in [-0.2, 0) is 0 Å². The van der Waals surface area contributed by atoms with E-state index < -0.39 is 0 Å². The number of aryl methyl sites for hydroxylation is 1. The molecule has 0 saturated carbocycles. The summed E-state index contributed by atoms with van der Waals surface area (Å²) in [6.45, 7) is 1.89. The Hall–Kier alpha value is -2.49. The van der Waals surface area contributed by atoms with Crippen molar-refractivity contribution in [2.75, 3.05) is 14.2 Å². The Morgan fingerprint density at radius 1 is 0.900 bits per heavy atom. The van der Waals surface area contributed by atoms with E-state index in [2.05, 4.69) is 0 Å². The predicted octanol–water partition coefficient (Wildman–Crippen LogP) is 3.62. The van der Waals surface area contributed by atoms with E-state index in [1.807, 2.05) is 6.92 Å². The minimum Gasteiger partial charge on any atom is -0.496 e. The van der Waals surface area contributed by atoms with Crippen molar-refractivity contribution in [1.29, 1.82) is 0 Å². The van der Waals surface area contributed by atoms with Gasteiger partial charge in [-0.25, -0.2) is 0 Å². The molecule has 0 aliphatic carbocycles. The molecule has 2 rings (SSSR count). The van der Waals surface area contributed by atoms with Gasteiger partial charge in [-0.3, -0.25) is 4.79 Å². The van der Waals surface area contributed by atoms with Gasteiger partial charge in [0.2, 0.25) is 0 Å². The summed E-state index contributed by atoms with van der Waals surface area (Å²) in [7, 11) is 3.17. The lowest BCUT2D eigenvalue weighted by Gasteiger charge is -2.12. The summed E-state index contributed by atoms with van der Waals surface area (Å²) in [6, 6.07) is 10.6. The summed E-state index contributed by atoms with van der Waals surface area (Å²) in [5, 5.41) is 0. The highest BCUT2D eigenvalue weighted by Gasteiger charge is 2.06. The number of carbonyl (C=O) groups is 1. The van der Waals surface area contributed by atoms with Crippen molar-refractivity contribution in [2.45, 2.75) is 6.92 Å². The molecule has 2 aromatic rings. The number of rotatable bonds is 5. The third kappa shape index (κ3) is 3.09. The standard InChI is InChI=1S/C16H16O4/c1-11-6-12(10-17)4-5-16(11)20-15-8-13(18-2)7-14(9-15)19-3/h4-10H,1-3H3. The van der Waals surface area contributed by atoms with Crippen LogP contribution in [0, 0.1) is 6.92 Å². The van der Waals surface area contributed by atoms with Gasteiger partial charge in [-0.15, -0.1) is 0 Å². The Labute approximate surface area is 117 Å². The molecule has 2 aromatic carbocycles. The highest BCUT2D eigenvalue weighted by atomic mass is 16.5. The van der Waals surface area contributed by atoms with E-state index in [1.54, 1.807) is 50.6 Å². The van der Waals surface area contributed by atoms with Crippen molar-refractivity contribution in [3.05, 3.63) is 47.5 Å². The quantitative estimate of drug-likeness (QED) is 0.780. The Morgan fingerprint density at radius 2 is 1.50 bits per heavy atom. The summed E-state index contributed by atoms with van der Waals surface area (Å²) < 4.78 is 16.2. The number of carbonyl (C=O) groups excluding carboxylic acids is 1. The average molecular weight is 272 g/mol. The number of benzene rings is 2. The second kappa shape index (κ2) is 6.10. The van der Waals surface area contributed by atoms with Crippen LogP contribution in [0.4, 0.5) is 0 Å². The second-order valence-corrected chi connectivity index (χ2v) is 4.29. The van der Waals surface area contributed by atoms with E-state index in [4.69, 9.17) is 14.2 Å². The lowest BCUT2D eigenvalue weighted by molar-refractivity contribution is 0.112. The van der Waals surface area contributed by atoms with Crippen LogP contribution in [-0.4, -0.2) is 20.5 Å². The summed E-state index contributed by atoms with van der Waals surface area (Å²) in [4.78, 5) is 10.7. The molecule has 0 spiro atoms. The van der Waals surface area contributed by atoms with E-state index >= 15 is 0 Å². The molecule has 0 saturated heterocycles. The lowest BCUT2D eigenvalue weighted by atomic mass is 10.1. The first-order chi connectivity index (χ1) is 9.66. The first-order valence-electron chi connectivity index (χ1n) is 6.13. The molecular formula is C16H16O4. The number of hydrogen-bond donors (Lipinski definition) is 0. The van der Waals surface area contributed by atoms with Crippen LogP contribution in [0.1, 0.15) is 15.9 Å². The van der Waals surface area contributed by atoms with Gasteiger partial charge in [0.15, 0.2) is 0 Å². The molecule has 0 aliphatic heterocycles. The molecule has 0 atom stereocenters. The van der Waals surface area contributed by atoms with Crippen molar-refractivity contribution in [3.8, 4) is 23.0 Å².